The number of hydrogen-bond donors (Lipinski definition) is 1. The van der Waals surface area contributed by atoms with Gasteiger partial charge in [-0.2, -0.15) is 0 Å². The summed E-state index contributed by atoms with van der Waals surface area (Å²) in [4.78, 5) is 23.4. The van der Waals surface area contributed by atoms with Crippen LogP contribution in [0.15, 0.2) is 11.6 Å². The van der Waals surface area contributed by atoms with Crippen LogP contribution in [0.2, 0.25) is 0 Å². The second-order valence-electron chi connectivity index (χ2n) is 4.79. The lowest BCUT2D eigenvalue weighted by Gasteiger charge is -2.12. The smallest absolute Gasteiger partial charge is 0.271 e. The molecule has 0 aliphatic heterocycles. The van der Waals surface area contributed by atoms with E-state index in [4.69, 9.17) is 0 Å². The number of hydrogen-bond acceptors (Lipinski definition) is 6. The molecule has 2 aromatic heterocycles. The monoisotopic (exact) mass is 324 g/mol. The minimum Gasteiger partial charge on any atom is -0.362 e. The second-order valence-corrected chi connectivity index (χ2v) is 6.66. The number of carbonyl (C=O) groups excluding carboxylic acids is 1. The lowest BCUT2D eigenvalue weighted by Crippen LogP contribution is -2.25. The van der Waals surface area contributed by atoms with Crippen molar-refractivity contribution >= 4 is 38.8 Å². The Morgan fingerprint density at radius 1 is 1.48 bits per heavy atom. The number of thiazole rings is 2. The first kappa shape index (κ1) is 15.9. The molecule has 1 atom stereocenters. The zero-order chi connectivity index (χ0) is 15.4. The predicted octanol–water partition coefficient (Wildman–Crippen LogP) is 3.82. The molecule has 7 heteroatoms. The lowest BCUT2D eigenvalue weighted by atomic mass is 10.1. The first-order chi connectivity index (χ1) is 10.1. The summed E-state index contributed by atoms with van der Waals surface area (Å²) in [6, 6.07) is 0. The van der Waals surface area contributed by atoms with Gasteiger partial charge in [0.1, 0.15) is 4.88 Å². The summed E-state index contributed by atoms with van der Waals surface area (Å²) in [6.07, 6.45) is 2.66. The first-order valence-corrected chi connectivity index (χ1v) is 8.69. The Kier molecular flexibility index (Phi) is 5.30. The highest BCUT2D eigenvalue weighted by Gasteiger charge is 2.20. The van der Waals surface area contributed by atoms with E-state index in [9.17, 15) is 4.79 Å². The van der Waals surface area contributed by atoms with Crippen LogP contribution in [0.3, 0.4) is 0 Å². The van der Waals surface area contributed by atoms with Gasteiger partial charge in [0.2, 0.25) is 0 Å². The molecule has 0 unspecified atom stereocenters. The van der Waals surface area contributed by atoms with Gasteiger partial charge in [0.15, 0.2) is 10.3 Å². The Bertz CT molecular complexity index is 608. The van der Waals surface area contributed by atoms with Crippen molar-refractivity contribution in [2.24, 2.45) is 0 Å². The highest BCUT2D eigenvalue weighted by Crippen LogP contribution is 2.28. The average molecular weight is 324 g/mol. The third-order valence-corrected chi connectivity index (χ3v) is 5.14. The van der Waals surface area contributed by atoms with E-state index in [1.165, 1.54) is 22.7 Å². The van der Waals surface area contributed by atoms with Gasteiger partial charge < -0.3 is 5.32 Å². The molecule has 0 bridgehead atoms. The van der Waals surface area contributed by atoms with Crippen molar-refractivity contribution in [2.75, 3.05) is 23.8 Å². The Balaban J connectivity index is 2.12. The van der Waals surface area contributed by atoms with Crippen LogP contribution in [0.4, 0.5) is 10.3 Å². The van der Waals surface area contributed by atoms with Gasteiger partial charge in [-0.1, -0.05) is 25.2 Å². The van der Waals surface area contributed by atoms with Gasteiger partial charge in [0.25, 0.3) is 5.91 Å². The molecule has 1 amide bonds. The quantitative estimate of drug-likeness (QED) is 0.877. The number of amides is 1. The number of anilines is 2. The van der Waals surface area contributed by atoms with E-state index in [1.54, 1.807) is 18.1 Å². The van der Waals surface area contributed by atoms with Gasteiger partial charge in [0.05, 0.1) is 11.9 Å². The van der Waals surface area contributed by atoms with E-state index in [-0.39, 0.29) is 5.91 Å². The van der Waals surface area contributed by atoms with Gasteiger partial charge in [-0.25, -0.2) is 9.97 Å². The molecule has 2 aromatic rings. The lowest BCUT2D eigenvalue weighted by molar-refractivity contribution is 0.0996. The third-order valence-electron chi connectivity index (χ3n) is 3.26. The maximum atomic E-state index is 12.4. The molecule has 2 heterocycles. The van der Waals surface area contributed by atoms with E-state index in [2.05, 4.69) is 29.1 Å². The summed E-state index contributed by atoms with van der Waals surface area (Å²) in [5.74, 6) is 0.351. The summed E-state index contributed by atoms with van der Waals surface area (Å²) >= 11 is 2.87. The molecule has 0 radical (unpaired) electrons. The summed E-state index contributed by atoms with van der Waals surface area (Å²) in [6.45, 7) is 7.08. The van der Waals surface area contributed by atoms with Crippen LogP contribution in [-0.2, 0) is 0 Å². The number of nitrogens with one attached hydrogen (secondary N) is 1. The molecule has 1 N–H and O–H groups in total. The van der Waals surface area contributed by atoms with E-state index in [1.807, 2.05) is 12.3 Å². The molecular formula is C14H20N4OS2. The highest BCUT2D eigenvalue weighted by molar-refractivity contribution is 7.17. The Morgan fingerprint density at radius 2 is 2.24 bits per heavy atom. The fourth-order valence-corrected chi connectivity index (χ4v) is 3.49. The van der Waals surface area contributed by atoms with Crippen molar-refractivity contribution in [1.29, 1.82) is 0 Å². The zero-order valence-corrected chi connectivity index (χ0v) is 14.3. The minimum atomic E-state index is -0.0679. The summed E-state index contributed by atoms with van der Waals surface area (Å²) in [5.41, 5.74) is 1.05. The van der Waals surface area contributed by atoms with Crippen molar-refractivity contribution in [2.45, 2.75) is 33.1 Å². The van der Waals surface area contributed by atoms with Crippen LogP contribution in [0.25, 0.3) is 0 Å². The fourth-order valence-electron chi connectivity index (χ4n) is 1.72. The topological polar surface area (TPSA) is 58.1 Å². The Labute approximate surface area is 133 Å². The van der Waals surface area contributed by atoms with Crippen LogP contribution in [0.5, 0.6) is 0 Å². The fraction of sp³-hybridized carbons (Fsp3) is 0.500. The summed E-state index contributed by atoms with van der Waals surface area (Å²) in [7, 11) is 1.76. The SMILES string of the molecule is CCNc1ncc(C(=O)N(C)c2nc([C@@H](C)CC)cs2)s1. The van der Waals surface area contributed by atoms with Crippen molar-refractivity contribution in [3.63, 3.8) is 0 Å². The Morgan fingerprint density at radius 3 is 2.90 bits per heavy atom. The van der Waals surface area contributed by atoms with Crippen molar-refractivity contribution < 1.29 is 4.79 Å². The molecule has 5 nitrogen and oxygen atoms in total. The van der Waals surface area contributed by atoms with Crippen LogP contribution in [0.1, 0.15) is 48.5 Å². The molecule has 0 aliphatic carbocycles. The average Bonchev–Trinajstić information content (AvgIpc) is 3.14. The molecule has 0 spiro atoms. The molecule has 114 valence electrons. The molecule has 0 saturated heterocycles. The van der Waals surface area contributed by atoms with Crippen LogP contribution in [-0.4, -0.2) is 29.5 Å². The van der Waals surface area contributed by atoms with Gasteiger partial charge in [-0.05, 0) is 19.3 Å². The van der Waals surface area contributed by atoms with Crippen LogP contribution in [0, 0.1) is 0 Å². The summed E-state index contributed by atoms with van der Waals surface area (Å²) in [5, 5.41) is 6.65. The molecule has 21 heavy (non-hydrogen) atoms. The highest BCUT2D eigenvalue weighted by atomic mass is 32.1. The van der Waals surface area contributed by atoms with E-state index < -0.39 is 0 Å². The molecule has 2 rings (SSSR count). The number of carbonyl (C=O) groups is 1. The Hall–Kier alpha value is -1.47. The van der Waals surface area contributed by atoms with Crippen LogP contribution >= 0.6 is 22.7 Å². The van der Waals surface area contributed by atoms with E-state index >= 15 is 0 Å². The molecular weight excluding hydrogens is 304 g/mol. The minimum absolute atomic E-state index is 0.0679. The number of rotatable bonds is 6. The standard InChI is InChI=1S/C14H20N4OS2/c1-5-9(3)10-8-20-14(17-10)18(4)12(19)11-7-16-13(21-11)15-6-2/h7-9H,5-6H2,1-4H3,(H,15,16)/t9-/m0/s1. The number of nitrogens with zero attached hydrogens (tertiary/aromatic N) is 3. The van der Waals surface area contributed by atoms with Gasteiger partial charge in [0, 0.05) is 19.0 Å². The van der Waals surface area contributed by atoms with Gasteiger partial charge >= 0.3 is 0 Å². The largest absolute Gasteiger partial charge is 0.362 e. The summed E-state index contributed by atoms with van der Waals surface area (Å²) < 4.78 is 0. The second kappa shape index (κ2) is 7.00. The van der Waals surface area contributed by atoms with Crippen molar-refractivity contribution in [3.05, 3.63) is 22.1 Å². The predicted molar refractivity (Wildman–Crippen MR) is 89.8 cm³/mol. The number of aromatic nitrogens is 2. The zero-order valence-electron chi connectivity index (χ0n) is 12.7. The molecule has 0 aromatic carbocycles. The third kappa shape index (κ3) is 3.59. The molecule has 0 aliphatic rings. The van der Waals surface area contributed by atoms with E-state index in [0.717, 1.165) is 28.9 Å². The van der Waals surface area contributed by atoms with E-state index in [0.29, 0.717) is 10.8 Å². The molecule has 0 saturated carbocycles. The maximum Gasteiger partial charge on any atom is 0.271 e. The van der Waals surface area contributed by atoms with Crippen molar-refractivity contribution in [1.82, 2.24) is 9.97 Å². The normalized spacial score (nSPS) is 12.2. The maximum absolute atomic E-state index is 12.4. The van der Waals surface area contributed by atoms with Gasteiger partial charge in [-0.3, -0.25) is 9.69 Å². The van der Waals surface area contributed by atoms with Crippen molar-refractivity contribution in [3.8, 4) is 0 Å². The first-order valence-electron chi connectivity index (χ1n) is 7.00. The van der Waals surface area contributed by atoms with Gasteiger partial charge in [-0.15, -0.1) is 11.3 Å². The molecule has 0 fully saturated rings. The van der Waals surface area contributed by atoms with Crippen LogP contribution < -0.4 is 10.2 Å².